The number of carbonyl (C=O) groups excluding carboxylic acids is 2. The smallest absolute Gasteiger partial charge is 0.325 e. The van der Waals surface area contributed by atoms with Crippen molar-refractivity contribution in [2.75, 3.05) is 11.9 Å². The van der Waals surface area contributed by atoms with Crippen molar-refractivity contribution in [3.05, 3.63) is 24.3 Å². The van der Waals surface area contributed by atoms with Crippen LogP contribution in [0, 0.1) is 0 Å². The van der Waals surface area contributed by atoms with Crippen molar-refractivity contribution in [1.82, 2.24) is 5.32 Å². The van der Waals surface area contributed by atoms with Crippen LogP contribution in [-0.4, -0.2) is 29.6 Å². The maximum atomic E-state index is 11.7. The minimum absolute atomic E-state index is 0.0210. The van der Waals surface area contributed by atoms with Gasteiger partial charge in [-0.15, -0.1) is 0 Å². The first kappa shape index (κ1) is 16.5. The highest BCUT2D eigenvalue weighted by Crippen LogP contribution is 2.23. The monoisotopic (exact) mass is 294 g/mol. The minimum atomic E-state index is -0.974. The summed E-state index contributed by atoms with van der Waals surface area (Å²) in [5.41, 5.74) is 0.454. The van der Waals surface area contributed by atoms with Crippen molar-refractivity contribution < 1.29 is 24.2 Å². The number of amides is 3. The highest BCUT2D eigenvalue weighted by atomic mass is 16.5. The van der Waals surface area contributed by atoms with E-state index in [-0.39, 0.29) is 19.3 Å². The van der Waals surface area contributed by atoms with Gasteiger partial charge in [0.05, 0.1) is 12.3 Å². The molecule has 0 fully saturated rings. The Morgan fingerprint density at radius 3 is 2.57 bits per heavy atom. The number of imide groups is 1. The molecule has 0 aromatic heterocycles. The lowest BCUT2D eigenvalue weighted by molar-refractivity contribution is -0.137. The third-order valence-electron chi connectivity index (χ3n) is 2.48. The molecule has 0 aliphatic rings. The molecule has 21 heavy (non-hydrogen) atoms. The van der Waals surface area contributed by atoms with E-state index in [1.54, 1.807) is 24.3 Å². The van der Waals surface area contributed by atoms with Gasteiger partial charge in [0, 0.05) is 12.8 Å². The number of hydrogen-bond donors (Lipinski definition) is 3. The SMILES string of the molecule is CCOc1ccccc1NC(=O)NC(=O)CCCC(=O)O. The molecule has 0 saturated heterocycles. The molecule has 0 bridgehead atoms. The van der Waals surface area contributed by atoms with E-state index in [0.717, 1.165) is 0 Å². The van der Waals surface area contributed by atoms with Gasteiger partial charge in [0.2, 0.25) is 5.91 Å². The zero-order valence-corrected chi connectivity index (χ0v) is 11.7. The Morgan fingerprint density at radius 2 is 1.90 bits per heavy atom. The van der Waals surface area contributed by atoms with Crippen LogP contribution in [0.2, 0.25) is 0 Å². The van der Waals surface area contributed by atoms with Crippen LogP contribution in [0.1, 0.15) is 26.2 Å². The molecule has 1 aromatic rings. The average molecular weight is 294 g/mol. The van der Waals surface area contributed by atoms with Crippen LogP contribution >= 0.6 is 0 Å². The van der Waals surface area contributed by atoms with E-state index in [2.05, 4.69) is 10.6 Å². The highest BCUT2D eigenvalue weighted by Gasteiger charge is 2.11. The molecule has 3 N–H and O–H groups in total. The van der Waals surface area contributed by atoms with Gasteiger partial charge in [-0.2, -0.15) is 0 Å². The highest BCUT2D eigenvalue weighted by molar-refractivity contribution is 6.01. The van der Waals surface area contributed by atoms with E-state index < -0.39 is 17.9 Å². The number of carboxylic acid groups (broad SMARTS) is 1. The third-order valence-corrected chi connectivity index (χ3v) is 2.48. The number of urea groups is 1. The number of benzene rings is 1. The van der Waals surface area contributed by atoms with Crippen molar-refractivity contribution in [2.45, 2.75) is 26.2 Å². The maximum Gasteiger partial charge on any atom is 0.325 e. The van der Waals surface area contributed by atoms with Gasteiger partial charge in [-0.05, 0) is 25.5 Å². The molecule has 1 aromatic carbocycles. The zero-order chi connectivity index (χ0) is 15.7. The fraction of sp³-hybridized carbons (Fsp3) is 0.357. The molecule has 0 aliphatic carbocycles. The van der Waals surface area contributed by atoms with E-state index in [1.807, 2.05) is 6.92 Å². The van der Waals surface area contributed by atoms with Gasteiger partial charge in [-0.3, -0.25) is 14.9 Å². The summed E-state index contributed by atoms with van der Waals surface area (Å²) in [6.07, 6.45) is 0.0546. The first-order valence-corrected chi connectivity index (χ1v) is 6.57. The largest absolute Gasteiger partial charge is 0.492 e. The average Bonchev–Trinajstić information content (AvgIpc) is 2.40. The predicted molar refractivity (Wildman–Crippen MR) is 76.3 cm³/mol. The summed E-state index contributed by atoms with van der Waals surface area (Å²) in [4.78, 5) is 33.4. The van der Waals surface area contributed by atoms with Crippen molar-refractivity contribution in [1.29, 1.82) is 0 Å². The van der Waals surface area contributed by atoms with Gasteiger partial charge in [0.15, 0.2) is 0 Å². The first-order chi connectivity index (χ1) is 10.0. The second kappa shape index (κ2) is 8.57. The molecule has 3 amide bonds. The molecule has 0 spiro atoms. The van der Waals surface area contributed by atoms with Crippen LogP contribution in [0.4, 0.5) is 10.5 Å². The molecule has 7 nitrogen and oxygen atoms in total. The van der Waals surface area contributed by atoms with Crippen LogP contribution in [0.25, 0.3) is 0 Å². The van der Waals surface area contributed by atoms with Gasteiger partial charge >= 0.3 is 12.0 Å². The molecule has 0 heterocycles. The van der Waals surface area contributed by atoms with Crippen LogP contribution in [-0.2, 0) is 9.59 Å². The van der Waals surface area contributed by atoms with Gasteiger partial charge in [0.25, 0.3) is 0 Å². The number of carbonyl (C=O) groups is 3. The summed E-state index contributed by atoms with van der Waals surface area (Å²) >= 11 is 0. The van der Waals surface area contributed by atoms with Gasteiger partial charge in [0.1, 0.15) is 5.75 Å². The summed E-state index contributed by atoms with van der Waals surface area (Å²) < 4.78 is 5.34. The molecule has 0 aliphatic heterocycles. The summed E-state index contributed by atoms with van der Waals surface area (Å²) in [6, 6.07) is 6.17. The zero-order valence-electron chi connectivity index (χ0n) is 11.7. The second-order valence-corrected chi connectivity index (χ2v) is 4.18. The summed E-state index contributed by atoms with van der Waals surface area (Å²) in [5, 5.41) is 13.1. The fourth-order valence-electron chi connectivity index (χ4n) is 1.59. The Balaban J connectivity index is 2.46. The number of anilines is 1. The van der Waals surface area contributed by atoms with E-state index in [1.165, 1.54) is 0 Å². The van der Waals surface area contributed by atoms with Crippen molar-refractivity contribution >= 4 is 23.6 Å². The summed E-state index contributed by atoms with van der Waals surface area (Å²) in [6.45, 7) is 2.28. The van der Waals surface area contributed by atoms with Crippen molar-refractivity contribution in [3.8, 4) is 5.75 Å². The molecule has 114 valence electrons. The van der Waals surface area contributed by atoms with E-state index in [9.17, 15) is 14.4 Å². The number of hydrogen-bond acceptors (Lipinski definition) is 4. The number of nitrogens with one attached hydrogen (secondary N) is 2. The maximum absolute atomic E-state index is 11.7. The van der Waals surface area contributed by atoms with Crippen LogP contribution in [0.15, 0.2) is 24.3 Å². The number of carboxylic acids is 1. The number of aliphatic carboxylic acids is 1. The van der Waals surface area contributed by atoms with E-state index >= 15 is 0 Å². The molecular weight excluding hydrogens is 276 g/mol. The number of rotatable bonds is 7. The fourth-order valence-corrected chi connectivity index (χ4v) is 1.59. The number of ether oxygens (including phenoxy) is 1. The lowest BCUT2D eigenvalue weighted by Gasteiger charge is -2.11. The molecule has 7 heteroatoms. The third kappa shape index (κ3) is 6.42. The molecule has 0 radical (unpaired) electrons. The van der Waals surface area contributed by atoms with E-state index in [4.69, 9.17) is 9.84 Å². The molecule has 0 atom stereocenters. The van der Waals surface area contributed by atoms with Crippen LogP contribution in [0.3, 0.4) is 0 Å². The lowest BCUT2D eigenvalue weighted by Crippen LogP contribution is -2.34. The van der Waals surface area contributed by atoms with Gasteiger partial charge in [-0.25, -0.2) is 4.79 Å². The Labute approximate surface area is 122 Å². The summed E-state index contributed by atoms with van der Waals surface area (Å²) in [7, 11) is 0. The standard InChI is InChI=1S/C14H18N2O5/c1-2-21-11-7-4-3-6-10(11)15-14(20)16-12(17)8-5-9-13(18)19/h3-4,6-7H,2,5,8-9H2,1H3,(H,18,19)(H2,15,16,17,20). The quantitative estimate of drug-likeness (QED) is 0.713. The van der Waals surface area contributed by atoms with Crippen molar-refractivity contribution in [2.24, 2.45) is 0 Å². The first-order valence-electron chi connectivity index (χ1n) is 6.57. The van der Waals surface area contributed by atoms with Crippen molar-refractivity contribution in [3.63, 3.8) is 0 Å². The van der Waals surface area contributed by atoms with Crippen LogP contribution in [0.5, 0.6) is 5.75 Å². The predicted octanol–water partition coefficient (Wildman–Crippen LogP) is 1.99. The Hall–Kier alpha value is -2.57. The van der Waals surface area contributed by atoms with Gasteiger partial charge < -0.3 is 15.2 Å². The minimum Gasteiger partial charge on any atom is -0.492 e. The van der Waals surface area contributed by atoms with Gasteiger partial charge in [-0.1, -0.05) is 12.1 Å². The van der Waals surface area contributed by atoms with Crippen LogP contribution < -0.4 is 15.4 Å². The number of para-hydroxylation sites is 2. The Morgan fingerprint density at radius 1 is 1.19 bits per heavy atom. The molecular formula is C14H18N2O5. The summed E-state index contributed by atoms with van der Waals surface area (Å²) in [5.74, 6) is -0.992. The molecule has 0 saturated carbocycles. The second-order valence-electron chi connectivity index (χ2n) is 4.18. The molecule has 1 rings (SSSR count). The Kier molecular flexibility index (Phi) is 6.73. The normalized spacial score (nSPS) is 9.76. The lowest BCUT2D eigenvalue weighted by atomic mass is 10.2. The molecule has 0 unspecified atom stereocenters. The topological polar surface area (TPSA) is 105 Å². The Bertz CT molecular complexity index is 516. The van der Waals surface area contributed by atoms with E-state index in [0.29, 0.717) is 18.0 Å².